The zero-order valence-corrected chi connectivity index (χ0v) is 5.00. The molecule has 1 aromatic carbocycles. The summed E-state index contributed by atoms with van der Waals surface area (Å²) in [5.74, 6) is 0. The molecule has 9 heavy (non-hydrogen) atoms. The normalized spacial score (nSPS) is 13.8. The summed E-state index contributed by atoms with van der Waals surface area (Å²) in [6.45, 7) is 0.746. The summed E-state index contributed by atoms with van der Waals surface area (Å²) in [6.07, 6.45) is 1.80. The molecule has 1 aliphatic heterocycles. The highest BCUT2D eigenvalue weighted by Crippen LogP contribution is 2.11. The Morgan fingerprint density at radius 2 is 2.11 bits per heavy atom. The number of hydrogen-bond donors (Lipinski definition) is 0. The first-order chi connectivity index (χ1) is 4.47. The third-order valence-corrected chi connectivity index (χ3v) is 1.50. The predicted molar refractivity (Wildman–Crippen MR) is 35.5 cm³/mol. The molecule has 0 saturated carbocycles. The maximum atomic E-state index is 5.09. The van der Waals surface area contributed by atoms with E-state index in [1.807, 2.05) is 12.1 Å². The summed E-state index contributed by atoms with van der Waals surface area (Å²) in [7, 11) is 0. The molecule has 1 heterocycles. The number of rotatable bonds is 0. The molecule has 0 saturated heterocycles. The summed E-state index contributed by atoms with van der Waals surface area (Å²) in [4.78, 5) is 0. The highest BCUT2D eigenvalue weighted by Gasteiger charge is 2.12. The fraction of sp³-hybridized carbons (Fsp3) is 0.125. The smallest absolute Gasteiger partial charge is 0.257 e. The van der Waals surface area contributed by atoms with Crippen LogP contribution in [0.25, 0.3) is 0 Å². The Balaban J connectivity index is 2.63. The summed E-state index contributed by atoms with van der Waals surface area (Å²) in [5, 5.41) is 0. The largest absolute Gasteiger partial charge is 0.316 e. The van der Waals surface area contributed by atoms with Crippen molar-refractivity contribution < 1.29 is 4.42 Å². The fourth-order valence-electron chi connectivity index (χ4n) is 1.00. The SMILES string of the molecule is C1=[O+]Cc2ccccc21. The van der Waals surface area contributed by atoms with Gasteiger partial charge in [-0.25, -0.2) is 0 Å². The van der Waals surface area contributed by atoms with E-state index < -0.39 is 0 Å². The van der Waals surface area contributed by atoms with Gasteiger partial charge >= 0.3 is 6.29 Å². The van der Waals surface area contributed by atoms with Gasteiger partial charge in [0, 0.05) is 0 Å². The molecule has 0 aromatic heterocycles. The number of benzene rings is 1. The lowest BCUT2D eigenvalue weighted by molar-refractivity contribution is -0.276. The predicted octanol–water partition coefficient (Wildman–Crippen LogP) is 1.55. The minimum Gasteiger partial charge on any atom is -0.257 e. The van der Waals surface area contributed by atoms with Gasteiger partial charge in [0.1, 0.15) is 0 Å². The molecular weight excluding hydrogens is 112 g/mol. The number of fused-ring (bicyclic) bond motifs is 1. The van der Waals surface area contributed by atoms with Crippen molar-refractivity contribution in [2.24, 2.45) is 0 Å². The van der Waals surface area contributed by atoms with Gasteiger partial charge in [-0.05, 0) is 12.1 Å². The van der Waals surface area contributed by atoms with Crippen LogP contribution in [0.5, 0.6) is 0 Å². The number of hydrogen-bond acceptors (Lipinski definition) is 0. The van der Waals surface area contributed by atoms with E-state index in [0.717, 1.165) is 6.61 Å². The summed E-state index contributed by atoms with van der Waals surface area (Å²) in [6, 6.07) is 8.19. The molecule has 1 aliphatic rings. The van der Waals surface area contributed by atoms with E-state index in [0.29, 0.717) is 0 Å². The lowest BCUT2D eigenvalue weighted by atomic mass is 10.1. The standard InChI is InChI=1S/C8H7O/c1-2-4-8-6-9-5-7(8)3-1/h1-5H,6H2/q+1. The van der Waals surface area contributed by atoms with Crippen LogP contribution in [0.2, 0.25) is 0 Å². The lowest BCUT2D eigenvalue weighted by Crippen LogP contribution is -1.79. The molecule has 1 nitrogen and oxygen atoms in total. The highest BCUT2D eigenvalue weighted by atomic mass is 16.4. The average molecular weight is 119 g/mol. The quantitative estimate of drug-likeness (QED) is 0.362. The second kappa shape index (κ2) is 1.69. The van der Waals surface area contributed by atoms with Crippen molar-refractivity contribution in [3.8, 4) is 0 Å². The van der Waals surface area contributed by atoms with Crippen LogP contribution in [0.15, 0.2) is 24.3 Å². The van der Waals surface area contributed by atoms with Crippen molar-refractivity contribution in [3.63, 3.8) is 0 Å². The minimum absolute atomic E-state index is 0.746. The van der Waals surface area contributed by atoms with Crippen molar-refractivity contribution >= 4 is 6.29 Å². The maximum Gasteiger partial charge on any atom is 0.316 e. The second-order valence-electron chi connectivity index (χ2n) is 2.13. The Labute approximate surface area is 53.6 Å². The fourth-order valence-corrected chi connectivity index (χ4v) is 1.00. The molecule has 2 rings (SSSR count). The third-order valence-electron chi connectivity index (χ3n) is 1.50. The summed E-state index contributed by atoms with van der Waals surface area (Å²) < 4.78 is 5.09. The van der Waals surface area contributed by atoms with E-state index in [9.17, 15) is 0 Å². The molecule has 0 bridgehead atoms. The zero-order valence-electron chi connectivity index (χ0n) is 5.00. The zero-order chi connectivity index (χ0) is 6.10. The van der Waals surface area contributed by atoms with Crippen LogP contribution in [-0.2, 0) is 6.61 Å². The van der Waals surface area contributed by atoms with Gasteiger partial charge < -0.3 is 0 Å². The van der Waals surface area contributed by atoms with Gasteiger partial charge in [0.25, 0.3) is 6.61 Å². The Morgan fingerprint density at radius 3 is 3.00 bits per heavy atom. The van der Waals surface area contributed by atoms with Crippen molar-refractivity contribution in [2.75, 3.05) is 0 Å². The van der Waals surface area contributed by atoms with E-state index in [2.05, 4.69) is 12.1 Å². The van der Waals surface area contributed by atoms with Crippen LogP contribution in [-0.4, -0.2) is 6.29 Å². The van der Waals surface area contributed by atoms with Crippen molar-refractivity contribution in [1.29, 1.82) is 0 Å². The first-order valence-corrected chi connectivity index (χ1v) is 2.99. The van der Waals surface area contributed by atoms with Gasteiger partial charge in [0.15, 0.2) is 0 Å². The van der Waals surface area contributed by atoms with Crippen LogP contribution in [0.3, 0.4) is 0 Å². The van der Waals surface area contributed by atoms with E-state index >= 15 is 0 Å². The first-order valence-electron chi connectivity index (χ1n) is 2.99. The van der Waals surface area contributed by atoms with Gasteiger partial charge in [-0.15, -0.1) is 0 Å². The Bertz CT molecular complexity index is 250. The minimum atomic E-state index is 0.746. The third kappa shape index (κ3) is 0.653. The van der Waals surface area contributed by atoms with Crippen molar-refractivity contribution in [2.45, 2.75) is 6.61 Å². The van der Waals surface area contributed by atoms with E-state index in [-0.39, 0.29) is 0 Å². The van der Waals surface area contributed by atoms with Gasteiger partial charge in [0.05, 0.1) is 11.1 Å². The Morgan fingerprint density at radius 1 is 1.22 bits per heavy atom. The summed E-state index contributed by atoms with van der Waals surface area (Å²) >= 11 is 0. The van der Waals surface area contributed by atoms with Gasteiger partial charge in [0.2, 0.25) is 0 Å². The van der Waals surface area contributed by atoms with Gasteiger partial charge in [-0.3, -0.25) is 4.42 Å². The number of carbonyl (C=O) groups excluding carboxylic acids is 1. The molecular formula is C8H7O+. The molecule has 0 unspecified atom stereocenters. The van der Waals surface area contributed by atoms with Crippen LogP contribution >= 0.6 is 0 Å². The lowest BCUT2D eigenvalue weighted by Gasteiger charge is -1.84. The van der Waals surface area contributed by atoms with Gasteiger partial charge in [-0.2, -0.15) is 0 Å². The van der Waals surface area contributed by atoms with Crippen LogP contribution in [0.1, 0.15) is 15.6 Å². The van der Waals surface area contributed by atoms with E-state index in [1.165, 1.54) is 11.1 Å². The van der Waals surface area contributed by atoms with Crippen molar-refractivity contribution in [3.05, 3.63) is 35.4 Å². The molecule has 1 aromatic rings. The van der Waals surface area contributed by atoms with Crippen molar-refractivity contribution in [1.82, 2.24) is 0 Å². The molecule has 44 valence electrons. The highest BCUT2D eigenvalue weighted by molar-refractivity contribution is 5.78. The molecule has 0 aliphatic carbocycles. The molecule has 1 heteroatoms. The molecule has 0 radical (unpaired) electrons. The van der Waals surface area contributed by atoms with Crippen LogP contribution < -0.4 is 0 Å². The second-order valence-corrected chi connectivity index (χ2v) is 2.13. The molecule has 0 N–H and O–H groups in total. The van der Waals surface area contributed by atoms with Crippen LogP contribution in [0.4, 0.5) is 0 Å². The van der Waals surface area contributed by atoms with E-state index in [4.69, 9.17) is 4.42 Å². The molecule has 0 fully saturated rings. The topological polar surface area (TPSA) is 11.3 Å². The van der Waals surface area contributed by atoms with Crippen LogP contribution in [0, 0.1) is 0 Å². The number of aldehydes is 1. The summed E-state index contributed by atoms with van der Waals surface area (Å²) in [5.41, 5.74) is 2.51. The molecule has 0 amide bonds. The molecule has 0 atom stereocenters. The average Bonchev–Trinajstić information content (AvgIpc) is 2.33. The molecule has 0 spiro atoms. The van der Waals surface area contributed by atoms with E-state index in [1.54, 1.807) is 6.29 Å². The first kappa shape index (κ1) is 4.74. The Kier molecular flexibility index (Phi) is 0.890. The van der Waals surface area contributed by atoms with Gasteiger partial charge in [-0.1, -0.05) is 12.1 Å². The monoisotopic (exact) mass is 119 g/mol. The maximum absolute atomic E-state index is 5.09. The Hall–Kier alpha value is -1.11.